The summed E-state index contributed by atoms with van der Waals surface area (Å²) in [6.45, 7) is 0. The first kappa shape index (κ1) is 15.1. The lowest BCUT2D eigenvalue weighted by Crippen LogP contribution is -2.30. The van der Waals surface area contributed by atoms with Crippen LogP contribution in [-0.2, 0) is 6.42 Å². The molecule has 0 aliphatic carbocycles. The zero-order chi connectivity index (χ0) is 13.8. The molecule has 5 heteroatoms. The van der Waals surface area contributed by atoms with Crippen molar-refractivity contribution < 1.29 is 4.39 Å². The van der Waals surface area contributed by atoms with Crippen LogP contribution in [0.4, 0.5) is 4.39 Å². The highest BCUT2D eigenvalue weighted by Gasteiger charge is 2.14. The summed E-state index contributed by atoms with van der Waals surface area (Å²) in [7, 11) is 0. The topological polar surface area (TPSA) is 38.0 Å². The summed E-state index contributed by atoms with van der Waals surface area (Å²) in [5.74, 6) is 5.42. The normalized spacial score (nSPS) is 12.4. The van der Waals surface area contributed by atoms with E-state index in [1.165, 1.54) is 21.3 Å². The van der Waals surface area contributed by atoms with Gasteiger partial charge >= 0.3 is 0 Å². The van der Waals surface area contributed by atoms with Crippen molar-refractivity contribution in [1.29, 1.82) is 0 Å². The van der Waals surface area contributed by atoms with Gasteiger partial charge in [0.05, 0.1) is 6.04 Å². The maximum absolute atomic E-state index is 13.1. The number of nitrogens with one attached hydrogen (secondary N) is 1. The van der Waals surface area contributed by atoms with Crippen molar-refractivity contribution in [2.45, 2.75) is 12.5 Å². The van der Waals surface area contributed by atoms with E-state index in [1.54, 1.807) is 6.07 Å². The van der Waals surface area contributed by atoms with Crippen LogP contribution in [0.3, 0.4) is 0 Å². The smallest absolute Gasteiger partial charge is 0.124 e. The molecule has 1 unspecified atom stereocenters. The zero-order valence-corrected chi connectivity index (χ0v) is 14.4. The standard InChI is InChI=1S/C14H13FI2N2/c15-10-3-6-12(13(17)8-10)14(19-18)7-9-1-4-11(16)5-2-9/h1-6,8,14,19H,7,18H2. The van der Waals surface area contributed by atoms with Gasteiger partial charge in [-0.3, -0.25) is 11.3 Å². The average molecular weight is 482 g/mol. The van der Waals surface area contributed by atoms with Crippen LogP contribution in [0.1, 0.15) is 17.2 Å². The lowest BCUT2D eigenvalue weighted by atomic mass is 9.99. The number of hydrogen-bond donors (Lipinski definition) is 2. The van der Waals surface area contributed by atoms with E-state index in [4.69, 9.17) is 5.84 Å². The molecule has 0 aliphatic heterocycles. The van der Waals surface area contributed by atoms with E-state index >= 15 is 0 Å². The van der Waals surface area contributed by atoms with E-state index in [9.17, 15) is 4.39 Å². The van der Waals surface area contributed by atoms with Crippen molar-refractivity contribution in [3.8, 4) is 0 Å². The highest BCUT2D eigenvalue weighted by molar-refractivity contribution is 14.1. The summed E-state index contributed by atoms with van der Waals surface area (Å²) in [6.07, 6.45) is 0.773. The van der Waals surface area contributed by atoms with Crippen LogP contribution in [-0.4, -0.2) is 0 Å². The quantitative estimate of drug-likeness (QED) is 0.396. The Morgan fingerprint density at radius 2 is 1.79 bits per heavy atom. The first-order valence-corrected chi connectivity index (χ1v) is 7.91. The second kappa shape index (κ2) is 6.96. The van der Waals surface area contributed by atoms with Gasteiger partial charge in [0.15, 0.2) is 0 Å². The number of benzene rings is 2. The summed E-state index contributed by atoms with van der Waals surface area (Å²) < 4.78 is 15.2. The van der Waals surface area contributed by atoms with E-state index in [2.05, 4.69) is 74.9 Å². The van der Waals surface area contributed by atoms with E-state index in [1.807, 2.05) is 0 Å². The van der Waals surface area contributed by atoms with Gasteiger partial charge in [-0.15, -0.1) is 0 Å². The molecule has 2 aromatic rings. The Kier molecular flexibility index (Phi) is 5.55. The first-order chi connectivity index (χ1) is 9.10. The number of hydrogen-bond acceptors (Lipinski definition) is 2. The van der Waals surface area contributed by atoms with Gasteiger partial charge in [-0.1, -0.05) is 18.2 Å². The van der Waals surface area contributed by atoms with E-state index in [0.717, 1.165) is 15.6 Å². The minimum absolute atomic E-state index is 0.0208. The van der Waals surface area contributed by atoms with Crippen LogP contribution in [0.5, 0.6) is 0 Å². The second-order valence-electron chi connectivity index (χ2n) is 4.22. The summed E-state index contributed by atoms with van der Waals surface area (Å²) in [4.78, 5) is 0. The maximum Gasteiger partial charge on any atom is 0.124 e. The van der Waals surface area contributed by atoms with Crippen molar-refractivity contribution in [1.82, 2.24) is 5.43 Å². The molecule has 0 aliphatic rings. The van der Waals surface area contributed by atoms with Gasteiger partial charge in [0.1, 0.15) is 5.82 Å². The minimum Gasteiger partial charge on any atom is -0.271 e. The van der Waals surface area contributed by atoms with Gasteiger partial charge in [0.25, 0.3) is 0 Å². The molecule has 100 valence electrons. The van der Waals surface area contributed by atoms with E-state index < -0.39 is 0 Å². The molecule has 0 amide bonds. The van der Waals surface area contributed by atoms with Gasteiger partial charge in [-0.05, 0) is 87.0 Å². The number of nitrogens with two attached hydrogens (primary N) is 1. The fourth-order valence-corrected chi connectivity index (χ4v) is 3.11. The molecule has 1 atom stereocenters. The van der Waals surface area contributed by atoms with Crippen LogP contribution in [0, 0.1) is 13.0 Å². The Morgan fingerprint density at radius 1 is 1.11 bits per heavy atom. The molecular weight excluding hydrogens is 469 g/mol. The van der Waals surface area contributed by atoms with Gasteiger partial charge in [-0.2, -0.15) is 0 Å². The van der Waals surface area contributed by atoms with E-state index in [0.29, 0.717) is 0 Å². The molecule has 3 N–H and O–H groups in total. The molecule has 0 radical (unpaired) electrons. The largest absolute Gasteiger partial charge is 0.271 e. The van der Waals surface area contributed by atoms with E-state index in [-0.39, 0.29) is 11.9 Å². The van der Waals surface area contributed by atoms with Crippen LogP contribution >= 0.6 is 45.2 Å². The lowest BCUT2D eigenvalue weighted by Gasteiger charge is -2.18. The third-order valence-electron chi connectivity index (χ3n) is 2.89. The van der Waals surface area contributed by atoms with Crippen molar-refractivity contribution in [3.63, 3.8) is 0 Å². The zero-order valence-electron chi connectivity index (χ0n) is 10.0. The second-order valence-corrected chi connectivity index (χ2v) is 6.62. The predicted octanol–water partition coefficient (Wildman–Crippen LogP) is 3.78. The lowest BCUT2D eigenvalue weighted by molar-refractivity contribution is 0.546. The molecule has 2 nitrogen and oxygen atoms in total. The molecule has 0 saturated heterocycles. The molecular formula is C14H13FI2N2. The predicted molar refractivity (Wildman–Crippen MR) is 92.0 cm³/mol. The Morgan fingerprint density at radius 3 is 2.37 bits per heavy atom. The Bertz CT molecular complexity index is 558. The summed E-state index contributed by atoms with van der Waals surface area (Å²) in [5.41, 5.74) is 5.03. The van der Waals surface area contributed by atoms with Gasteiger partial charge < -0.3 is 0 Å². The van der Waals surface area contributed by atoms with Crippen molar-refractivity contribution >= 4 is 45.2 Å². The molecule has 0 spiro atoms. The fraction of sp³-hybridized carbons (Fsp3) is 0.143. The average Bonchev–Trinajstić information content (AvgIpc) is 2.39. The highest BCUT2D eigenvalue weighted by Crippen LogP contribution is 2.24. The molecule has 2 rings (SSSR count). The molecule has 19 heavy (non-hydrogen) atoms. The van der Waals surface area contributed by atoms with Crippen LogP contribution in [0.15, 0.2) is 42.5 Å². The minimum atomic E-state index is -0.224. The molecule has 0 fully saturated rings. The van der Waals surface area contributed by atoms with Crippen LogP contribution < -0.4 is 11.3 Å². The molecule has 0 heterocycles. The Labute approximate surface area is 139 Å². The monoisotopic (exact) mass is 482 g/mol. The summed E-state index contributed by atoms with van der Waals surface area (Å²) in [6, 6.07) is 13.1. The highest BCUT2D eigenvalue weighted by atomic mass is 127. The van der Waals surface area contributed by atoms with Gasteiger partial charge in [0, 0.05) is 7.14 Å². The number of halogens is 3. The summed E-state index contributed by atoms with van der Waals surface area (Å²) in [5, 5.41) is 0. The fourth-order valence-electron chi connectivity index (χ4n) is 1.90. The Hall–Kier alpha value is -0.250. The number of hydrazine groups is 1. The van der Waals surface area contributed by atoms with Gasteiger partial charge in [0.2, 0.25) is 0 Å². The van der Waals surface area contributed by atoms with Crippen molar-refractivity contribution in [3.05, 3.63) is 66.5 Å². The van der Waals surface area contributed by atoms with Gasteiger partial charge in [-0.25, -0.2) is 4.39 Å². The molecule has 0 saturated carbocycles. The third-order valence-corrected chi connectivity index (χ3v) is 4.55. The third kappa shape index (κ3) is 4.11. The molecule has 0 aromatic heterocycles. The van der Waals surface area contributed by atoms with Crippen LogP contribution in [0.25, 0.3) is 0 Å². The van der Waals surface area contributed by atoms with Crippen LogP contribution in [0.2, 0.25) is 0 Å². The first-order valence-electron chi connectivity index (χ1n) is 5.75. The molecule has 0 bridgehead atoms. The number of rotatable bonds is 4. The molecule has 2 aromatic carbocycles. The summed E-state index contributed by atoms with van der Waals surface area (Å²) >= 11 is 4.41. The Balaban J connectivity index is 2.22. The SMILES string of the molecule is NNC(Cc1ccc(I)cc1)c1ccc(F)cc1I. The maximum atomic E-state index is 13.1. The van der Waals surface area contributed by atoms with Crippen molar-refractivity contribution in [2.24, 2.45) is 5.84 Å². The van der Waals surface area contributed by atoms with Crippen molar-refractivity contribution in [2.75, 3.05) is 0 Å².